The molecule has 28 heavy (non-hydrogen) atoms. The van der Waals surface area contributed by atoms with Crippen molar-refractivity contribution in [3.8, 4) is 22.8 Å². The van der Waals surface area contributed by atoms with Crippen LogP contribution in [0, 0.1) is 5.82 Å². The minimum Gasteiger partial charge on any atom is -0.497 e. The summed E-state index contributed by atoms with van der Waals surface area (Å²) in [4.78, 5) is 5.64. The molecule has 148 valence electrons. The number of ether oxygens (including phenoxy) is 2. The molecule has 1 unspecified atom stereocenters. The van der Waals surface area contributed by atoms with E-state index >= 15 is 0 Å². The zero-order chi connectivity index (χ0) is 20.1. The fourth-order valence-electron chi connectivity index (χ4n) is 3.21. The molecule has 0 aliphatic carbocycles. The molecule has 0 aliphatic heterocycles. The molecule has 3 rings (SSSR count). The Balaban J connectivity index is 2.20. The molecule has 4 nitrogen and oxygen atoms in total. The molecule has 0 bridgehead atoms. The normalized spacial score (nSPS) is 12.8. The standard InChI is InChI=1S/C22H25FN2O2S/c1-5-6-15(2)25-20(19-13-18(26-3)11-12-21(19)27-4)14-28-22(25)24-17-9-7-16(23)8-10-17/h7-15H,5-6H2,1-4H3. The first-order valence-corrected chi connectivity index (χ1v) is 10.2. The minimum atomic E-state index is -0.265. The van der Waals surface area contributed by atoms with Gasteiger partial charge in [0.2, 0.25) is 0 Å². The number of benzene rings is 2. The Kier molecular flexibility index (Phi) is 6.52. The first-order chi connectivity index (χ1) is 13.6. The van der Waals surface area contributed by atoms with Gasteiger partial charge in [-0.15, -0.1) is 11.3 Å². The van der Waals surface area contributed by atoms with Crippen LogP contribution in [0.1, 0.15) is 32.7 Å². The van der Waals surface area contributed by atoms with Gasteiger partial charge < -0.3 is 14.0 Å². The fraction of sp³-hybridized carbons (Fsp3) is 0.318. The van der Waals surface area contributed by atoms with Crippen molar-refractivity contribution in [2.24, 2.45) is 4.99 Å². The lowest BCUT2D eigenvalue weighted by atomic mass is 10.1. The first-order valence-electron chi connectivity index (χ1n) is 9.30. The quantitative estimate of drug-likeness (QED) is 0.490. The molecule has 1 atom stereocenters. The topological polar surface area (TPSA) is 35.8 Å². The number of methoxy groups -OCH3 is 2. The summed E-state index contributed by atoms with van der Waals surface area (Å²) in [6.07, 6.45) is 2.08. The molecule has 1 aromatic heterocycles. The minimum absolute atomic E-state index is 0.251. The third kappa shape index (κ3) is 4.28. The summed E-state index contributed by atoms with van der Waals surface area (Å²) in [5.41, 5.74) is 2.72. The zero-order valence-electron chi connectivity index (χ0n) is 16.6. The average molecular weight is 401 g/mol. The summed E-state index contributed by atoms with van der Waals surface area (Å²) in [5, 5.41) is 2.09. The molecule has 0 saturated carbocycles. The lowest BCUT2D eigenvalue weighted by molar-refractivity contribution is 0.403. The number of halogens is 1. The highest BCUT2D eigenvalue weighted by Gasteiger charge is 2.17. The Morgan fingerprint density at radius 2 is 1.86 bits per heavy atom. The molecule has 2 aromatic carbocycles. The van der Waals surface area contributed by atoms with Crippen LogP contribution in [0.25, 0.3) is 11.3 Å². The summed E-state index contributed by atoms with van der Waals surface area (Å²) in [6.45, 7) is 4.36. The Labute approximate surface area is 168 Å². The maximum atomic E-state index is 13.2. The van der Waals surface area contributed by atoms with Crippen LogP contribution in [-0.4, -0.2) is 18.8 Å². The van der Waals surface area contributed by atoms with Crippen molar-refractivity contribution in [3.63, 3.8) is 0 Å². The van der Waals surface area contributed by atoms with Gasteiger partial charge in [0.1, 0.15) is 17.3 Å². The Morgan fingerprint density at radius 3 is 2.50 bits per heavy atom. The number of rotatable bonds is 7. The average Bonchev–Trinajstić information content (AvgIpc) is 3.12. The van der Waals surface area contributed by atoms with Crippen molar-refractivity contribution in [1.82, 2.24) is 4.57 Å². The zero-order valence-corrected chi connectivity index (χ0v) is 17.4. The predicted molar refractivity (Wildman–Crippen MR) is 112 cm³/mol. The number of aromatic nitrogens is 1. The van der Waals surface area contributed by atoms with Gasteiger partial charge in [-0.3, -0.25) is 0 Å². The summed E-state index contributed by atoms with van der Waals surface area (Å²) in [7, 11) is 3.32. The lowest BCUT2D eigenvalue weighted by Crippen LogP contribution is -2.20. The van der Waals surface area contributed by atoms with Crippen LogP contribution in [-0.2, 0) is 0 Å². The molecule has 0 fully saturated rings. The predicted octanol–water partition coefficient (Wildman–Crippen LogP) is 5.97. The van der Waals surface area contributed by atoms with E-state index in [4.69, 9.17) is 14.5 Å². The molecule has 0 N–H and O–H groups in total. The Bertz CT molecular complexity index is 993. The van der Waals surface area contributed by atoms with Gasteiger partial charge in [-0.2, -0.15) is 0 Å². The molecule has 0 aliphatic rings. The summed E-state index contributed by atoms with van der Waals surface area (Å²) >= 11 is 1.56. The third-order valence-corrected chi connectivity index (χ3v) is 5.46. The lowest BCUT2D eigenvalue weighted by Gasteiger charge is -2.18. The first kappa shape index (κ1) is 20.1. The van der Waals surface area contributed by atoms with Gasteiger partial charge in [-0.1, -0.05) is 13.3 Å². The van der Waals surface area contributed by atoms with E-state index in [-0.39, 0.29) is 11.9 Å². The van der Waals surface area contributed by atoms with E-state index in [1.54, 1.807) is 37.7 Å². The van der Waals surface area contributed by atoms with Gasteiger partial charge in [0, 0.05) is 17.0 Å². The van der Waals surface area contributed by atoms with E-state index < -0.39 is 0 Å². The van der Waals surface area contributed by atoms with Gasteiger partial charge in [-0.25, -0.2) is 9.38 Å². The second-order valence-corrected chi connectivity index (χ2v) is 7.40. The van der Waals surface area contributed by atoms with E-state index in [1.807, 2.05) is 18.2 Å². The second-order valence-electron chi connectivity index (χ2n) is 6.57. The number of thiazole rings is 1. The van der Waals surface area contributed by atoms with Gasteiger partial charge in [-0.05, 0) is 55.8 Å². The molecule has 1 heterocycles. The Hall–Kier alpha value is -2.60. The highest BCUT2D eigenvalue weighted by Crippen LogP contribution is 2.35. The van der Waals surface area contributed by atoms with Gasteiger partial charge in [0.25, 0.3) is 0 Å². The smallest absolute Gasteiger partial charge is 0.190 e. The monoisotopic (exact) mass is 400 g/mol. The van der Waals surface area contributed by atoms with Crippen molar-refractivity contribution in [3.05, 3.63) is 58.5 Å². The number of hydrogen-bond donors (Lipinski definition) is 0. The maximum Gasteiger partial charge on any atom is 0.190 e. The van der Waals surface area contributed by atoms with Crippen LogP contribution in [0.5, 0.6) is 11.5 Å². The van der Waals surface area contributed by atoms with Crippen molar-refractivity contribution in [2.45, 2.75) is 32.7 Å². The number of hydrogen-bond acceptors (Lipinski definition) is 4. The highest BCUT2D eigenvalue weighted by atomic mass is 32.1. The van der Waals surface area contributed by atoms with Crippen LogP contribution >= 0.6 is 11.3 Å². The van der Waals surface area contributed by atoms with Crippen molar-refractivity contribution < 1.29 is 13.9 Å². The fourth-order valence-corrected chi connectivity index (χ4v) is 4.22. The van der Waals surface area contributed by atoms with Gasteiger partial charge >= 0.3 is 0 Å². The summed E-state index contributed by atoms with van der Waals surface area (Å²) in [6, 6.07) is 12.3. The van der Waals surface area contributed by atoms with Crippen LogP contribution in [0.3, 0.4) is 0 Å². The highest BCUT2D eigenvalue weighted by molar-refractivity contribution is 7.07. The van der Waals surface area contributed by atoms with Crippen LogP contribution in [0.4, 0.5) is 10.1 Å². The molecule has 6 heteroatoms. The van der Waals surface area contributed by atoms with E-state index in [9.17, 15) is 4.39 Å². The van der Waals surface area contributed by atoms with Crippen LogP contribution < -0.4 is 14.3 Å². The van der Waals surface area contributed by atoms with Gasteiger partial charge in [0.05, 0.1) is 25.6 Å². The largest absolute Gasteiger partial charge is 0.497 e. The van der Waals surface area contributed by atoms with Crippen molar-refractivity contribution in [1.29, 1.82) is 0 Å². The SMILES string of the molecule is CCCC(C)n1c(-c2cc(OC)ccc2OC)csc1=Nc1ccc(F)cc1. The second kappa shape index (κ2) is 9.06. The van der Waals surface area contributed by atoms with Crippen molar-refractivity contribution in [2.75, 3.05) is 14.2 Å². The van der Waals surface area contributed by atoms with E-state index in [0.717, 1.165) is 46.1 Å². The van der Waals surface area contributed by atoms with E-state index in [0.29, 0.717) is 0 Å². The van der Waals surface area contributed by atoms with Crippen molar-refractivity contribution >= 4 is 17.0 Å². The van der Waals surface area contributed by atoms with E-state index in [1.165, 1.54) is 12.1 Å². The van der Waals surface area contributed by atoms with Crippen LogP contribution in [0.15, 0.2) is 52.8 Å². The molecular weight excluding hydrogens is 375 g/mol. The number of nitrogens with zero attached hydrogens (tertiary/aromatic N) is 2. The Morgan fingerprint density at radius 1 is 1.11 bits per heavy atom. The molecular formula is C22H25FN2O2S. The molecule has 0 spiro atoms. The summed E-state index contributed by atoms with van der Waals surface area (Å²) < 4.78 is 26.5. The third-order valence-electron chi connectivity index (χ3n) is 4.62. The molecule has 0 saturated heterocycles. The van der Waals surface area contributed by atoms with E-state index in [2.05, 4.69) is 23.8 Å². The molecule has 3 aromatic rings. The molecule has 0 radical (unpaired) electrons. The molecule has 0 amide bonds. The van der Waals surface area contributed by atoms with Gasteiger partial charge in [0.15, 0.2) is 4.80 Å². The maximum absolute atomic E-state index is 13.2. The summed E-state index contributed by atoms with van der Waals surface area (Å²) in [5.74, 6) is 1.29. The van der Waals surface area contributed by atoms with Crippen LogP contribution in [0.2, 0.25) is 0 Å².